The zero-order chi connectivity index (χ0) is 13.2. The van der Waals surface area contributed by atoms with E-state index < -0.39 is 0 Å². The van der Waals surface area contributed by atoms with Crippen LogP contribution in [0.15, 0.2) is 18.2 Å². The molecular weight excluding hydrogens is 264 g/mol. The highest BCUT2D eigenvalue weighted by Gasteiger charge is 2.23. The minimum atomic E-state index is 0.329. The lowest BCUT2D eigenvalue weighted by atomic mass is 10.2. The van der Waals surface area contributed by atoms with E-state index in [1.165, 1.54) is 0 Å². The number of ether oxygens (including phenoxy) is 2. The van der Waals surface area contributed by atoms with Crippen LogP contribution in [0.4, 0.5) is 0 Å². The molecule has 1 aliphatic rings. The van der Waals surface area contributed by atoms with Crippen LogP contribution in [0.1, 0.15) is 25.2 Å². The van der Waals surface area contributed by atoms with Gasteiger partial charge in [-0.2, -0.15) is 0 Å². The first-order valence-corrected chi connectivity index (χ1v) is 7.15. The summed E-state index contributed by atoms with van der Waals surface area (Å²) in [5.41, 5.74) is 1.98. The largest absolute Gasteiger partial charge is 0.492 e. The van der Waals surface area contributed by atoms with Gasteiger partial charge in [-0.1, -0.05) is 6.07 Å². The number of benzene rings is 1. The summed E-state index contributed by atoms with van der Waals surface area (Å²) in [6, 6.07) is 6.35. The van der Waals surface area contributed by atoms with Crippen LogP contribution in [0.5, 0.6) is 5.75 Å². The number of halogens is 1. The van der Waals surface area contributed by atoms with Crippen molar-refractivity contribution in [2.24, 2.45) is 0 Å². The third-order valence-corrected chi connectivity index (χ3v) is 3.69. The molecule has 0 N–H and O–H groups in total. The molecule has 1 fully saturated rings. The van der Waals surface area contributed by atoms with Gasteiger partial charge in [0.15, 0.2) is 0 Å². The van der Waals surface area contributed by atoms with Crippen molar-refractivity contribution in [2.45, 2.75) is 25.3 Å². The van der Waals surface area contributed by atoms with Gasteiger partial charge >= 0.3 is 0 Å². The van der Waals surface area contributed by atoms with E-state index in [0.717, 1.165) is 42.2 Å². The van der Waals surface area contributed by atoms with Crippen molar-refractivity contribution in [1.82, 2.24) is 9.55 Å². The van der Waals surface area contributed by atoms with Gasteiger partial charge in [-0.3, -0.25) is 0 Å². The van der Waals surface area contributed by atoms with Crippen LogP contribution in [0, 0.1) is 0 Å². The van der Waals surface area contributed by atoms with Gasteiger partial charge in [0.25, 0.3) is 0 Å². The molecule has 0 spiro atoms. The van der Waals surface area contributed by atoms with Crippen LogP contribution in [0.3, 0.4) is 0 Å². The Hall–Kier alpha value is -1.26. The molecule has 1 atom stereocenters. The normalized spacial score (nSPS) is 19.2. The minimum absolute atomic E-state index is 0.329. The van der Waals surface area contributed by atoms with Crippen LogP contribution >= 0.6 is 11.6 Å². The van der Waals surface area contributed by atoms with Crippen molar-refractivity contribution < 1.29 is 9.47 Å². The van der Waals surface area contributed by atoms with Gasteiger partial charge in [-0.05, 0) is 25.5 Å². The maximum Gasteiger partial charge on any atom is 0.147 e. The van der Waals surface area contributed by atoms with Gasteiger partial charge in [0.1, 0.15) is 17.1 Å². The highest BCUT2D eigenvalue weighted by molar-refractivity contribution is 6.16. The molecule has 5 heteroatoms. The van der Waals surface area contributed by atoms with Crippen molar-refractivity contribution in [2.75, 3.05) is 19.8 Å². The molecule has 3 rings (SSSR count). The maximum absolute atomic E-state index is 6.05. The number of hydrogen-bond acceptors (Lipinski definition) is 3. The molecule has 4 nitrogen and oxygen atoms in total. The fourth-order valence-electron chi connectivity index (χ4n) is 2.64. The summed E-state index contributed by atoms with van der Waals surface area (Å²) in [5.74, 6) is 2.11. The quantitative estimate of drug-likeness (QED) is 0.807. The summed E-state index contributed by atoms with van der Waals surface area (Å²) in [4.78, 5) is 4.64. The number of hydrogen-bond donors (Lipinski definition) is 0. The molecule has 1 aliphatic heterocycles. The van der Waals surface area contributed by atoms with Crippen molar-refractivity contribution in [3.63, 3.8) is 0 Å². The zero-order valence-electron chi connectivity index (χ0n) is 10.9. The molecule has 19 heavy (non-hydrogen) atoms. The average Bonchev–Trinajstić information content (AvgIpc) is 3.05. The number of alkyl halides is 1. The van der Waals surface area contributed by atoms with E-state index in [2.05, 4.69) is 15.6 Å². The first-order valence-electron chi connectivity index (χ1n) is 6.61. The molecule has 2 heterocycles. The zero-order valence-corrected chi connectivity index (χ0v) is 11.7. The second-order valence-electron chi connectivity index (χ2n) is 4.61. The van der Waals surface area contributed by atoms with E-state index in [4.69, 9.17) is 21.1 Å². The lowest BCUT2D eigenvalue weighted by Crippen LogP contribution is -2.11. The van der Waals surface area contributed by atoms with Crippen molar-refractivity contribution >= 4 is 22.6 Å². The monoisotopic (exact) mass is 280 g/mol. The summed E-state index contributed by atoms with van der Waals surface area (Å²) in [5, 5.41) is 0. The van der Waals surface area contributed by atoms with Gasteiger partial charge in [0.05, 0.1) is 30.7 Å². The standard InChI is InChI=1S/C14H17ClN2O2/c1-2-19-12-5-3-4-11-14(12)16-13(8-15)17(11)10-6-7-18-9-10/h3-5,10H,2,6-9H2,1H3. The Kier molecular flexibility index (Phi) is 3.62. The van der Waals surface area contributed by atoms with Gasteiger partial charge in [-0.15, -0.1) is 11.6 Å². The SMILES string of the molecule is CCOc1cccc2c1nc(CCl)n2C1CCOC1. The van der Waals surface area contributed by atoms with Crippen LogP contribution in [0.25, 0.3) is 11.0 Å². The molecular formula is C14H17ClN2O2. The number of rotatable bonds is 4. The fraction of sp³-hybridized carbons (Fsp3) is 0.500. The summed E-state index contributed by atoms with van der Waals surface area (Å²) >= 11 is 6.05. The Morgan fingerprint density at radius 2 is 2.42 bits per heavy atom. The van der Waals surface area contributed by atoms with Gasteiger partial charge < -0.3 is 14.0 Å². The van der Waals surface area contributed by atoms with Crippen LogP contribution in [0.2, 0.25) is 0 Å². The van der Waals surface area contributed by atoms with Crippen molar-refractivity contribution in [3.05, 3.63) is 24.0 Å². The van der Waals surface area contributed by atoms with E-state index in [9.17, 15) is 0 Å². The highest BCUT2D eigenvalue weighted by Crippen LogP contribution is 2.31. The summed E-state index contributed by atoms with van der Waals surface area (Å²) in [6.45, 7) is 4.14. The minimum Gasteiger partial charge on any atom is -0.492 e. The predicted octanol–water partition coefficient (Wildman–Crippen LogP) is 3.14. The van der Waals surface area contributed by atoms with Crippen LogP contribution in [-0.4, -0.2) is 29.4 Å². The number of imidazole rings is 1. The van der Waals surface area contributed by atoms with Gasteiger partial charge in [0.2, 0.25) is 0 Å². The number of fused-ring (bicyclic) bond motifs is 1. The van der Waals surface area contributed by atoms with Crippen LogP contribution in [-0.2, 0) is 10.6 Å². The third kappa shape index (κ3) is 2.19. The van der Waals surface area contributed by atoms with E-state index in [1.807, 2.05) is 19.1 Å². The Balaban J connectivity index is 2.16. The van der Waals surface area contributed by atoms with Crippen molar-refractivity contribution in [3.8, 4) is 5.75 Å². The highest BCUT2D eigenvalue weighted by atomic mass is 35.5. The Morgan fingerprint density at radius 1 is 1.53 bits per heavy atom. The second kappa shape index (κ2) is 5.39. The molecule has 2 aromatic rings. The smallest absolute Gasteiger partial charge is 0.147 e. The Morgan fingerprint density at radius 3 is 3.11 bits per heavy atom. The maximum atomic E-state index is 6.05. The first kappa shape index (κ1) is 12.8. The van der Waals surface area contributed by atoms with Crippen LogP contribution < -0.4 is 4.74 Å². The van der Waals surface area contributed by atoms with E-state index in [1.54, 1.807) is 0 Å². The Bertz CT molecular complexity index is 576. The molecule has 0 saturated carbocycles. The molecule has 1 aromatic carbocycles. The van der Waals surface area contributed by atoms with E-state index >= 15 is 0 Å². The third-order valence-electron chi connectivity index (χ3n) is 3.45. The number of nitrogens with zero attached hydrogens (tertiary/aromatic N) is 2. The van der Waals surface area contributed by atoms with E-state index in [-0.39, 0.29) is 0 Å². The summed E-state index contributed by atoms with van der Waals surface area (Å²) in [7, 11) is 0. The Labute approximate surface area is 117 Å². The summed E-state index contributed by atoms with van der Waals surface area (Å²) < 4.78 is 13.3. The summed E-state index contributed by atoms with van der Waals surface area (Å²) in [6.07, 6.45) is 1.01. The van der Waals surface area contributed by atoms with Gasteiger partial charge in [0, 0.05) is 6.61 Å². The fourth-order valence-corrected chi connectivity index (χ4v) is 2.83. The molecule has 0 bridgehead atoms. The molecule has 1 saturated heterocycles. The predicted molar refractivity (Wildman–Crippen MR) is 74.9 cm³/mol. The van der Waals surface area contributed by atoms with E-state index in [0.29, 0.717) is 18.5 Å². The first-order chi connectivity index (χ1) is 9.35. The topological polar surface area (TPSA) is 36.3 Å². The lowest BCUT2D eigenvalue weighted by molar-refractivity contribution is 0.187. The van der Waals surface area contributed by atoms with Crippen molar-refractivity contribution in [1.29, 1.82) is 0 Å². The molecule has 102 valence electrons. The second-order valence-corrected chi connectivity index (χ2v) is 4.87. The molecule has 1 unspecified atom stereocenters. The molecule has 0 radical (unpaired) electrons. The molecule has 0 aliphatic carbocycles. The average molecular weight is 281 g/mol. The number of aromatic nitrogens is 2. The van der Waals surface area contributed by atoms with Gasteiger partial charge in [-0.25, -0.2) is 4.98 Å². The molecule has 0 amide bonds. The lowest BCUT2D eigenvalue weighted by Gasteiger charge is -2.14. The molecule has 1 aromatic heterocycles. The number of para-hydroxylation sites is 1.